The molecular weight excluding hydrogens is 491 g/mol. The van der Waals surface area contributed by atoms with Crippen molar-refractivity contribution in [1.29, 1.82) is 0 Å². The van der Waals surface area contributed by atoms with Crippen molar-refractivity contribution in [3.05, 3.63) is 39.7 Å². The van der Waals surface area contributed by atoms with Gasteiger partial charge in [0.15, 0.2) is 0 Å². The number of anilines is 2. The zero-order chi connectivity index (χ0) is 25.2. The lowest BCUT2D eigenvalue weighted by atomic mass is 10.0. The molecule has 2 fully saturated rings. The number of likely N-dealkylation sites (tertiary alicyclic amines) is 1. The van der Waals surface area contributed by atoms with Crippen LogP contribution < -0.4 is 15.8 Å². The maximum atomic E-state index is 13.2. The summed E-state index contributed by atoms with van der Waals surface area (Å²) in [6, 6.07) is -0.509. The summed E-state index contributed by atoms with van der Waals surface area (Å²) in [7, 11) is 0. The van der Waals surface area contributed by atoms with Crippen LogP contribution in [0.3, 0.4) is 0 Å². The van der Waals surface area contributed by atoms with Gasteiger partial charge in [0.2, 0.25) is 0 Å². The highest BCUT2D eigenvalue weighted by molar-refractivity contribution is 6.29. The van der Waals surface area contributed by atoms with Crippen LogP contribution in [0.4, 0.5) is 24.7 Å². The van der Waals surface area contributed by atoms with E-state index in [0.29, 0.717) is 18.1 Å². The van der Waals surface area contributed by atoms with E-state index in [1.54, 1.807) is 18.2 Å². The number of amides is 1. The van der Waals surface area contributed by atoms with Crippen LogP contribution in [0.25, 0.3) is 0 Å². The fraction of sp³-hybridized carbons (Fsp3) is 0.571. The van der Waals surface area contributed by atoms with E-state index in [1.165, 1.54) is 6.20 Å². The van der Waals surface area contributed by atoms with Crippen LogP contribution in [0.5, 0.6) is 0 Å². The van der Waals surface area contributed by atoms with Crippen LogP contribution in [0, 0.1) is 0 Å². The van der Waals surface area contributed by atoms with Gasteiger partial charge in [-0.05, 0) is 19.8 Å². The number of ether oxygens (including phenoxy) is 1. The summed E-state index contributed by atoms with van der Waals surface area (Å²) in [5, 5.41) is 8.17. The van der Waals surface area contributed by atoms with Gasteiger partial charge in [-0.1, -0.05) is 11.6 Å². The maximum Gasteiger partial charge on any atom is 0.423 e. The molecule has 1 unspecified atom stereocenters. The van der Waals surface area contributed by atoms with Crippen LogP contribution in [-0.4, -0.2) is 75.4 Å². The summed E-state index contributed by atoms with van der Waals surface area (Å²) in [6.07, 6.45) is 0.603. The lowest BCUT2D eigenvalue weighted by Crippen LogP contribution is -2.47. The molecule has 0 saturated carbocycles. The summed E-state index contributed by atoms with van der Waals surface area (Å²) in [5.74, 6) is 0.628. The monoisotopic (exact) mass is 515 g/mol. The molecule has 0 spiro atoms. The minimum atomic E-state index is -4.84. The Hall–Kier alpha value is -2.93. The second-order valence-electron chi connectivity index (χ2n) is 8.59. The molecule has 10 nitrogen and oxygen atoms in total. The smallest absolute Gasteiger partial charge is 0.378 e. The molecule has 4 rings (SSSR count). The number of carbonyl (C=O) groups excluding carboxylic acids is 1. The third kappa shape index (κ3) is 5.84. The maximum absolute atomic E-state index is 13.2. The highest BCUT2D eigenvalue weighted by atomic mass is 35.5. The fourth-order valence-corrected chi connectivity index (χ4v) is 4.52. The predicted molar refractivity (Wildman–Crippen MR) is 121 cm³/mol. The van der Waals surface area contributed by atoms with Gasteiger partial charge in [-0.3, -0.25) is 9.59 Å². The second-order valence-corrected chi connectivity index (χ2v) is 8.98. The van der Waals surface area contributed by atoms with E-state index < -0.39 is 35.1 Å². The average molecular weight is 516 g/mol. The average Bonchev–Trinajstić information content (AvgIpc) is 3.18. The van der Waals surface area contributed by atoms with Gasteiger partial charge in [0, 0.05) is 38.1 Å². The first-order chi connectivity index (χ1) is 16.6. The summed E-state index contributed by atoms with van der Waals surface area (Å²) < 4.78 is 45.4. The number of hydrogen-bond donors (Lipinski definition) is 2. The Kier molecular flexibility index (Phi) is 7.45. The number of carbonyl (C=O) groups is 1. The molecule has 2 atom stereocenters. The molecule has 2 N–H and O–H groups in total. The second kappa shape index (κ2) is 10.4. The summed E-state index contributed by atoms with van der Waals surface area (Å²) in [6.45, 7) is 3.61. The first-order valence-corrected chi connectivity index (χ1v) is 11.6. The molecule has 0 aromatic carbocycles. The zero-order valence-electron chi connectivity index (χ0n) is 18.9. The Morgan fingerprint density at radius 2 is 1.91 bits per heavy atom. The van der Waals surface area contributed by atoms with E-state index in [1.807, 2.05) is 4.90 Å². The van der Waals surface area contributed by atoms with Gasteiger partial charge in [0.25, 0.3) is 11.5 Å². The number of halogens is 4. The van der Waals surface area contributed by atoms with E-state index >= 15 is 0 Å². The lowest BCUT2D eigenvalue weighted by Gasteiger charge is -2.37. The first-order valence-electron chi connectivity index (χ1n) is 11.2. The number of aromatic nitrogens is 4. The van der Waals surface area contributed by atoms with Gasteiger partial charge in [-0.15, -0.1) is 0 Å². The summed E-state index contributed by atoms with van der Waals surface area (Å²) in [4.78, 5) is 36.8. The van der Waals surface area contributed by atoms with Gasteiger partial charge in [-0.2, -0.15) is 18.3 Å². The number of nitrogens with one attached hydrogen (secondary N) is 2. The molecule has 2 aromatic rings. The van der Waals surface area contributed by atoms with Gasteiger partial charge < -0.3 is 19.9 Å². The topological polar surface area (TPSA) is 116 Å². The van der Waals surface area contributed by atoms with Crippen molar-refractivity contribution in [2.75, 3.05) is 36.5 Å². The third-order valence-electron chi connectivity index (χ3n) is 6.12. The van der Waals surface area contributed by atoms with Crippen molar-refractivity contribution in [2.45, 2.75) is 50.6 Å². The molecule has 1 amide bonds. The zero-order valence-corrected chi connectivity index (χ0v) is 19.6. The van der Waals surface area contributed by atoms with E-state index in [9.17, 15) is 22.8 Å². The quantitative estimate of drug-likeness (QED) is 0.577. The van der Waals surface area contributed by atoms with Crippen LogP contribution in [0.1, 0.15) is 31.7 Å². The van der Waals surface area contributed by atoms with Crippen LogP contribution >= 0.6 is 11.6 Å². The fourth-order valence-electron chi connectivity index (χ4n) is 4.42. The number of nitrogens with zero attached hydrogens (tertiary/aromatic N) is 5. The highest BCUT2D eigenvalue weighted by Crippen LogP contribution is 2.32. The Morgan fingerprint density at radius 3 is 2.57 bits per heavy atom. The molecule has 0 bridgehead atoms. The Bertz CT molecular complexity index is 1090. The number of alkyl halides is 3. The number of aromatic amines is 1. The largest absolute Gasteiger partial charge is 0.423 e. The molecule has 2 aromatic heterocycles. The molecule has 0 radical (unpaired) electrons. The minimum Gasteiger partial charge on any atom is -0.378 e. The number of piperidine rings is 1. The van der Waals surface area contributed by atoms with Crippen molar-refractivity contribution in [3.8, 4) is 0 Å². The Balaban J connectivity index is 1.27. The van der Waals surface area contributed by atoms with Gasteiger partial charge in [-0.25, -0.2) is 15.1 Å². The minimum absolute atomic E-state index is 0.0119. The number of hydrogen-bond acceptors (Lipinski definition) is 8. The molecule has 190 valence electrons. The SMILES string of the molecule is CC(CO[C@@H]1CCN(C2CCN(c3cnc(Cl)cn3)CC2)C1=O)Nc1cn[nH]c(=O)c1C(F)(F)F. The van der Waals surface area contributed by atoms with Crippen LogP contribution in [0.15, 0.2) is 23.4 Å². The van der Waals surface area contributed by atoms with Gasteiger partial charge in [0.05, 0.1) is 30.9 Å². The molecule has 2 saturated heterocycles. The Morgan fingerprint density at radius 1 is 1.17 bits per heavy atom. The molecule has 4 heterocycles. The highest BCUT2D eigenvalue weighted by Gasteiger charge is 2.39. The molecule has 2 aliphatic heterocycles. The van der Waals surface area contributed by atoms with Gasteiger partial charge >= 0.3 is 6.18 Å². The van der Waals surface area contributed by atoms with Crippen molar-refractivity contribution in [3.63, 3.8) is 0 Å². The number of H-pyrrole nitrogens is 1. The number of rotatable bonds is 7. The normalized spacial score (nSPS) is 20.4. The molecule has 0 aliphatic carbocycles. The molecule has 35 heavy (non-hydrogen) atoms. The van der Waals surface area contributed by atoms with Gasteiger partial charge in [0.1, 0.15) is 22.6 Å². The summed E-state index contributed by atoms with van der Waals surface area (Å²) >= 11 is 5.79. The standard InChI is InChI=1S/C21H25ClF3N7O3/c1-12(29-14-8-28-30-19(33)18(14)21(23,24)25)11-35-15-4-7-32(20(15)34)13-2-5-31(6-3-13)17-10-26-16(22)9-27-17/h8-10,12-13,15H,2-7,11H2,1H3,(H2,29,30,33)/t12?,15-/m1/s1. The lowest BCUT2D eigenvalue weighted by molar-refractivity contribution is -0.139. The molecular formula is C21H25ClF3N7O3. The van der Waals surface area contributed by atoms with E-state index in [-0.39, 0.29) is 18.6 Å². The van der Waals surface area contributed by atoms with Crippen molar-refractivity contribution in [1.82, 2.24) is 25.1 Å². The van der Waals surface area contributed by atoms with Crippen molar-refractivity contribution in [2.24, 2.45) is 0 Å². The van der Waals surface area contributed by atoms with E-state index in [0.717, 1.165) is 37.9 Å². The van der Waals surface area contributed by atoms with Crippen molar-refractivity contribution >= 4 is 29.0 Å². The first kappa shape index (κ1) is 25.2. The Labute approximate surface area is 203 Å². The predicted octanol–water partition coefficient (Wildman–Crippen LogP) is 2.32. The van der Waals surface area contributed by atoms with Crippen molar-refractivity contribution < 1.29 is 22.7 Å². The van der Waals surface area contributed by atoms with Crippen LogP contribution in [0.2, 0.25) is 5.15 Å². The molecule has 14 heteroatoms. The third-order valence-corrected chi connectivity index (χ3v) is 6.31. The van der Waals surface area contributed by atoms with Crippen LogP contribution in [-0.2, 0) is 15.7 Å². The molecule has 2 aliphatic rings. The van der Waals surface area contributed by atoms with E-state index in [2.05, 4.69) is 25.3 Å². The summed E-state index contributed by atoms with van der Waals surface area (Å²) in [5.41, 5.74) is -3.11. The van der Waals surface area contributed by atoms with E-state index in [4.69, 9.17) is 16.3 Å².